The minimum Gasteiger partial charge on any atom is -0.0949 e. The third-order valence-electron chi connectivity index (χ3n) is 5.90. The van der Waals surface area contributed by atoms with Gasteiger partial charge in [-0.1, -0.05) is 68.1 Å². The highest BCUT2D eigenvalue weighted by Gasteiger charge is 2.21. The fraction of sp³-hybridized carbons (Fsp3) is 0.259. The van der Waals surface area contributed by atoms with Gasteiger partial charge in [0.2, 0.25) is 0 Å². The van der Waals surface area contributed by atoms with Gasteiger partial charge in [0.1, 0.15) is 0 Å². The Morgan fingerprint density at radius 2 is 1.78 bits per heavy atom. The summed E-state index contributed by atoms with van der Waals surface area (Å²) >= 11 is 0. The normalized spacial score (nSPS) is 15.3. The number of allylic oxidation sites excluding steroid dienone is 6. The van der Waals surface area contributed by atoms with Crippen LogP contribution in [-0.2, 0) is 12.8 Å². The van der Waals surface area contributed by atoms with Crippen LogP contribution in [0.15, 0.2) is 71.8 Å². The number of fused-ring (bicyclic) bond motifs is 1. The second kappa shape index (κ2) is 7.19. The largest absolute Gasteiger partial charge is 0.0949 e. The van der Waals surface area contributed by atoms with Crippen molar-refractivity contribution in [2.45, 2.75) is 46.5 Å². The van der Waals surface area contributed by atoms with Crippen LogP contribution in [0.25, 0.3) is 11.6 Å². The molecule has 4 rings (SSSR count). The summed E-state index contributed by atoms with van der Waals surface area (Å²) < 4.78 is 0. The van der Waals surface area contributed by atoms with Crippen molar-refractivity contribution in [3.8, 4) is 0 Å². The lowest BCUT2D eigenvalue weighted by Gasteiger charge is -2.17. The molecular weight excluding hydrogens is 324 g/mol. The van der Waals surface area contributed by atoms with Crippen LogP contribution in [0.2, 0.25) is 0 Å². The molecule has 0 unspecified atom stereocenters. The Morgan fingerprint density at radius 3 is 2.48 bits per heavy atom. The van der Waals surface area contributed by atoms with Crippen LogP contribution in [0.5, 0.6) is 0 Å². The van der Waals surface area contributed by atoms with E-state index >= 15 is 0 Å². The minimum absolute atomic E-state index is 0.937. The molecule has 2 aromatic carbocycles. The molecule has 0 aromatic heterocycles. The predicted molar refractivity (Wildman–Crippen MR) is 118 cm³/mol. The van der Waals surface area contributed by atoms with E-state index in [2.05, 4.69) is 82.0 Å². The lowest BCUT2D eigenvalue weighted by molar-refractivity contribution is 1.11. The first-order valence-corrected chi connectivity index (χ1v) is 10.0. The maximum Gasteiger partial charge on any atom is -0.00137 e. The van der Waals surface area contributed by atoms with Gasteiger partial charge >= 0.3 is 0 Å². The highest BCUT2D eigenvalue weighted by atomic mass is 14.3. The lowest BCUT2D eigenvalue weighted by atomic mass is 9.87. The molecule has 0 atom stereocenters. The summed E-state index contributed by atoms with van der Waals surface area (Å²) in [6.45, 7) is 11.1. The summed E-state index contributed by atoms with van der Waals surface area (Å²) in [5.41, 5.74) is 13.9. The third kappa shape index (κ3) is 3.37. The van der Waals surface area contributed by atoms with E-state index in [0.717, 1.165) is 25.7 Å². The van der Waals surface area contributed by atoms with Crippen molar-refractivity contribution >= 4 is 11.6 Å². The molecular formula is C27H28. The molecule has 0 heterocycles. The molecule has 0 N–H and O–H groups in total. The number of rotatable bonds is 5. The topological polar surface area (TPSA) is 0 Å². The standard InChI is InChI=1S/C27H28/c1-5-21-13-18(2)27(19(3)14-21)20(4)15-24-11-8-12-26(24)25-16-22-9-6-7-10-23(22)17-25/h6-7,9-14,16H,4-5,8,15,17H2,1-3H3. The Balaban J connectivity index is 1.56. The fourth-order valence-electron chi connectivity index (χ4n) is 4.65. The van der Waals surface area contributed by atoms with Gasteiger partial charge in [0.05, 0.1) is 0 Å². The Bertz CT molecular complexity index is 985. The zero-order valence-corrected chi connectivity index (χ0v) is 16.7. The van der Waals surface area contributed by atoms with Crippen LogP contribution in [0.3, 0.4) is 0 Å². The van der Waals surface area contributed by atoms with E-state index in [1.165, 1.54) is 55.7 Å². The number of aryl methyl sites for hydroxylation is 3. The van der Waals surface area contributed by atoms with Gasteiger partial charge in [0, 0.05) is 0 Å². The summed E-state index contributed by atoms with van der Waals surface area (Å²) in [5.74, 6) is 0. The summed E-state index contributed by atoms with van der Waals surface area (Å²) in [6.07, 6.45) is 11.3. The molecule has 0 heteroatoms. The molecule has 0 bridgehead atoms. The van der Waals surface area contributed by atoms with Gasteiger partial charge in [-0.25, -0.2) is 0 Å². The first-order valence-electron chi connectivity index (χ1n) is 10.0. The molecule has 0 radical (unpaired) electrons. The second-order valence-corrected chi connectivity index (χ2v) is 7.87. The van der Waals surface area contributed by atoms with Crippen molar-refractivity contribution in [1.82, 2.24) is 0 Å². The highest BCUT2D eigenvalue weighted by molar-refractivity contribution is 5.76. The number of benzene rings is 2. The van der Waals surface area contributed by atoms with Crippen LogP contribution in [0.4, 0.5) is 0 Å². The number of hydrogen-bond donors (Lipinski definition) is 0. The molecule has 0 saturated heterocycles. The maximum absolute atomic E-state index is 4.48. The van der Waals surface area contributed by atoms with E-state index < -0.39 is 0 Å². The Labute approximate surface area is 163 Å². The van der Waals surface area contributed by atoms with E-state index in [0.29, 0.717) is 0 Å². The summed E-state index contributed by atoms with van der Waals surface area (Å²) in [4.78, 5) is 0. The van der Waals surface area contributed by atoms with Crippen molar-refractivity contribution in [3.05, 3.63) is 105 Å². The Morgan fingerprint density at radius 1 is 1.04 bits per heavy atom. The van der Waals surface area contributed by atoms with E-state index in [1.807, 2.05) is 0 Å². The molecule has 136 valence electrons. The monoisotopic (exact) mass is 352 g/mol. The zero-order chi connectivity index (χ0) is 19.0. The first kappa shape index (κ1) is 17.8. The van der Waals surface area contributed by atoms with Crippen LogP contribution in [0, 0.1) is 13.8 Å². The van der Waals surface area contributed by atoms with Gasteiger partial charge < -0.3 is 0 Å². The molecule has 2 aromatic rings. The van der Waals surface area contributed by atoms with Gasteiger partial charge in [-0.2, -0.15) is 0 Å². The lowest BCUT2D eigenvalue weighted by Crippen LogP contribution is -1.99. The molecule has 2 aliphatic carbocycles. The van der Waals surface area contributed by atoms with Crippen LogP contribution in [-0.4, -0.2) is 0 Å². The van der Waals surface area contributed by atoms with Crippen molar-refractivity contribution in [3.63, 3.8) is 0 Å². The van der Waals surface area contributed by atoms with E-state index in [-0.39, 0.29) is 0 Å². The van der Waals surface area contributed by atoms with Crippen LogP contribution < -0.4 is 0 Å². The molecule has 0 amide bonds. The second-order valence-electron chi connectivity index (χ2n) is 7.87. The zero-order valence-electron chi connectivity index (χ0n) is 16.7. The maximum atomic E-state index is 4.48. The molecule has 0 fully saturated rings. The highest BCUT2D eigenvalue weighted by Crippen LogP contribution is 2.39. The van der Waals surface area contributed by atoms with Gasteiger partial charge in [0.15, 0.2) is 0 Å². The average Bonchev–Trinajstić information content (AvgIpc) is 3.26. The molecule has 27 heavy (non-hydrogen) atoms. The Kier molecular flexibility index (Phi) is 4.74. The van der Waals surface area contributed by atoms with Crippen LogP contribution in [0.1, 0.15) is 53.1 Å². The number of hydrogen-bond acceptors (Lipinski definition) is 0. The minimum atomic E-state index is 0.937. The predicted octanol–water partition coefficient (Wildman–Crippen LogP) is 7.17. The average molecular weight is 353 g/mol. The smallest absolute Gasteiger partial charge is 0.00137 e. The van der Waals surface area contributed by atoms with Gasteiger partial charge in [-0.05, 0) is 95.2 Å². The molecule has 0 nitrogen and oxygen atoms in total. The van der Waals surface area contributed by atoms with Crippen molar-refractivity contribution in [2.75, 3.05) is 0 Å². The van der Waals surface area contributed by atoms with Gasteiger partial charge in [-0.3, -0.25) is 0 Å². The summed E-state index contributed by atoms with van der Waals surface area (Å²) in [5, 5.41) is 0. The third-order valence-corrected chi connectivity index (χ3v) is 5.90. The van der Waals surface area contributed by atoms with E-state index in [1.54, 1.807) is 0 Å². The molecule has 0 saturated carbocycles. The van der Waals surface area contributed by atoms with Crippen molar-refractivity contribution < 1.29 is 0 Å². The molecule has 2 aliphatic rings. The fourth-order valence-corrected chi connectivity index (χ4v) is 4.65. The Hall–Kier alpha value is -2.60. The molecule has 0 spiro atoms. The summed E-state index contributed by atoms with van der Waals surface area (Å²) in [6, 6.07) is 13.4. The van der Waals surface area contributed by atoms with E-state index in [4.69, 9.17) is 0 Å². The molecule has 0 aliphatic heterocycles. The quantitative estimate of drug-likeness (QED) is 0.535. The first-order chi connectivity index (χ1) is 13.1. The SMILES string of the molecule is C=C(CC1=CCC=C1C1=Cc2ccccc2C1)c1c(C)cc(CC)cc1C. The van der Waals surface area contributed by atoms with Crippen molar-refractivity contribution in [2.24, 2.45) is 0 Å². The van der Waals surface area contributed by atoms with Gasteiger partial charge in [-0.15, -0.1) is 0 Å². The summed E-state index contributed by atoms with van der Waals surface area (Å²) in [7, 11) is 0. The van der Waals surface area contributed by atoms with Gasteiger partial charge in [0.25, 0.3) is 0 Å². The van der Waals surface area contributed by atoms with Crippen molar-refractivity contribution in [1.29, 1.82) is 0 Å². The van der Waals surface area contributed by atoms with Crippen LogP contribution >= 0.6 is 0 Å². The van der Waals surface area contributed by atoms with E-state index in [9.17, 15) is 0 Å².